The van der Waals surface area contributed by atoms with Gasteiger partial charge in [0.2, 0.25) is 0 Å². The molecule has 2 N–H and O–H groups in total. The molecule has 52 heavy (non-hydrogen) atoms. The number of carbonyl (C=O) groups excluding carboxylic acids is 4. The molecule has 0 radical (unpaired) electrons. The van der Waals surface area contributed by atoms with Crippen molar-refractivity contribution in [1.82, 2.24) is 0 Å². The van der Waals surface area contributed by atoms with Crippen LogP contribution >= 0.6 is 54.5 Å². The van der Waals surface area contributed by atoms with Crippen LogP contribution in [0.1, 0.15) is 34.6 Å². The van der Waals surface area contributed by atoms with Gasteiger partial charge in [-0.05, 0) is 49.2 Å². The second-order valence-corrected chi connectivity index (χ2v) is 14.0. The Morgan fingerprint density at radius 2 is 0.904 bits per heavy atom. The van der Waals surface area contributed by atoms with E-state index in [0.29, 0.717) is 31.6 Å². The van der Waals surface area contributed by atoms with Crippen molar-refractivity contribution in [2.75, 3.05) is 23.8 Å². The van der Waals surface area contributed by atoms with Crippen molar-refractivity contribution in [2.24, 2.45) is 0 Å². The van der Waals surface area contributed by atoms with Gasteiger partial charge >= 0.3 is 47.4 Å². The summed E-state index contributed by atoms with van der Waals surface area (Å²) in [5.41, 5.74) is -0.776. The van der Waals surface area contributed by atoms with E-state index in [9.17, 15) is 36.7 Å². The minimum atomic E-state index is -7.23. The highest BCUT2D eigenvalue weighted by Gasteiger charge is 2.84. The molecule has 0 atom stereocenters. The Morgan fingerprint density at radius 3 is 1.19 bits per heavy atom. The van der Waals surface area contributed by atoms with Gasteiger partial charge in [0.1, 0.15) is 21.1 Å². The molecule has 0 bridgehead atoms. The topological polar surface area (TPSA) is 111 Å². The lowest BCUT2D eigenvalue weighted by Gasteiger charge is -2.35. The third-order valence-corrected chi connectivity index (χ3v) is 9.91. The highest BCUT2D eigenvalue weighted by molar-refractivity contribution is 9.10. The summed E-state index contributed by atoms with van der Waals surface area (Å²) in [5, 5.41) is 3.09. The molecule has 4 aromatic rings. The molecule has 8 nitrogen and oxygen atoms in total. The number of hydrogen-bond acceptors (Lipinski definition) is 8. The van der Waals surface area contributed by atoms with E-state index in [4.69, 9.17) is 9.47 Å². The van der Waals surface area contributed by atoms with E-state index in [0.717, 1.165) is 10.8 Å². The van der Waals surface area contributed by atoms with Crippen LogP contribution in [0, 0.1) is 0 Å². The predicted octanol–water partition coefficient (Wildman–Crippen LogP) is 10.1. The zero-order valence-corrected chi connectivity index (χ0v) is 31.0. The normalized spacial score (nSPS) is 12.3. The molecule has 0 aliphatic heterocycles. The smallest absolute Gasteiger partial charge is 0.393 e. The third-order valence-electron chi connectivity index (χ3n) is 7.06. The molecule has 0 saturated heterocycles. The molecule has 0 aliphatic carbocycles. The fourth-order valence-corrected chi connectivity index (χ4v) is 6.87. The first-order valence-corrected chi connectivity index (χ1v) is 17.8. The molecular formula is C32H22Br2F8N2O6S2. The summed E-state index contributed by atoms with van der Waals surface area (Å²) < 4.78 is 131. The first-order chi connectivity index (χ1) is 24.2. The van der Waals surface area contributed by atoms with Crippen LogP contribution in [0.3, 0.4) is 0 Å². The number of nitrogens with one attached hydrogen (secondary N) is 2. The van der Waals surface area contributed by atoms with Gasteiger partial charge in [-0.15, -0.1) is 22.7 Å². The Kier molecular flexibility index (Phi) is 12.3. The third kappa shape index (κ3) is 7.60. The summed E-state index contributed by atoms with van der Waals surface area (Å²) in [6.07, 6.45) is 0. The largest absolute Gasteiger partial charge is 0.462 e. The maximum absolute atomic E-state index is 15.0. The Labute approximate surface area is 313 Å². The van der Waals surface area contributed by atoms with Crippen molar-refractivity contribution in [3.63, 3.8) is 0 Å². The van der Waals surface area contributed by atoms with Crippen LogP contribution in [-0.2, 0) is 19.1 Å². The summed E-state index contributed by atoms with van der Waals surface area (Å²) in [4.78, 5) is 50.6. The molecule has 0 saturated carbocycles. The SMILES string of the molecule is CCOC(=O)c1c(-c2ccc(Br)cc2)csc1NC(=O)C(F)(F)C(F)(F)C(F)(F)C(F)(F)C(=O)Nc1scc(-c2ccc(Br)cc2)c1C(=O)OCC. The van der Waals surface area contributed by atoms with Crippen LogP contribution < -0.4 is 10.6 Å². The molecular weight excluding hydrogens is 884 g/mol. The average Bonchev–Trinajstić information content (AvgIpc) is 3.69. The summed E-state index contributed by atoms with van der Waals surface area (Å²) in [5.74, 6) is -36.6. The number of ether oxygens (including phenoxy) is 2. The van der Waals surface area contributed by atoms with E-state index in [2.05, 4.69) is 31.9 Å². The van der Waals surface area contributed by atoms with Crippen molar-refractivity contribution < 1.29 is 63.8 Å². The van der Waals surface area contributed by atoms with Crippen LogP contribution in [-0.4, -0.2) is 60.7 Å². The molecule has 2 amide bonds. The number of esters is 2. The van der Waals surface area contributed by atoms with E-state index >= 15 is 17.6 Å². The van der Waals surface area contributed by atoms with Crippen LogP contribution in [0.4, 0.5) is 45.1 Å². The monoisotopic (exact) mass is 904 g/mol. The van der Waals surface area contributed by atoms with Gasteiger partial charge in [-0.25, -0.2) is 9.59 Å². The van der Waals surface area contributed by atoms with Crippen LogP contribution in [0.25, 0.3) is 22.3 Å². The van der Waals surface area contributed by atoms with Gasteiger partial charge in [0.25, 0.3) is 0 Å². The molecule has 20 heteroatoms. The zero-order chi connectivity index (χ0) is 38.8. The number of hydrogen-bond donors (Lipinski definition) is 2. The number of rotatable bonds is 13. The molecule has 2 aromatic carbocycles. The van der Waals surface area contributed by atoms with Crippen LogP contribution in [0.2, 0.25) is 0 Å². The molecule has 2 heterocycles. The highest BCUT2D eigenvalue weighted by atomic mass is 79.9. The Hall–Kier alpha value is -3.88. The lowest BCUT2D eigenvalue weighted by atomic mass is 9.97. The van der Waals surface area contributed by atoms with Crippen LogP contribution in [0.5, 0.6) is 0 Å². The zero-order valence-electron chi connectivity index (χ0n) is 26.2. The molecule has 4 rings (SSSR count). The maximum Gasteiger partial charge on any atom is 0.393 e. The van der Waals surface area contributed by atoms with Gasteiger partial charge < -0.3 is 20.1 Å². The number of benzene rings is 2. The van der Waals surface area contributed by atoms with Gasteiger partial charge in [0, 0.05) is 30.8 Å². The number of thiophene rings is 2. The lowest BCUT2D eigenvalue weighted by Crippen LogP contribution is -2.67. The highest BCUT2D eigenvalue weighted by Crippen LogP contribution is 2.54. The first-order valence-electron chi connectivity index (χ1n) is 14.5. The number of halogens is 10. The quantitative estimate of drug-likeness (QED) is 0.102. The van der Waals surface area contributed by atoms with Gasteiger partial charge in [-0.2, -0.15) is 35.1 Å². The van der Waals surface area contributed by atoms with E-state index in [1.165, 1.54) is 73.0 Å². The lowest BCUT2D eigenvalue weighted by molar-refractivity contribution is -0.345. The predicted molar refractivity (Wildman–Crippen MR) is 184 cm³/mol. The van der Waals surface area contributed by atoms with Gasteiger partial charge in [0.05, 0.1) is 13.2 Å². The van der Waals surface area contributed by atoms with Crippen molar-refractivity contribution in [3.8, 4) is 22.3 Å². The van der Waals surface area contributed by atoms with Crippen molar-refractivity contribution in [2.45, 2.75) is 37.5 Å². The summed E-state index contributed by atoms with van der Waals surface area (Å²) >= 11 is 7.08. The average molecular weight is 906 g/mol. The number of carbonyl (C=O) groups is 4. The minimum absolute atomic E-state index is 0.0334. The number of alkyl halides is 8. The summed E-state index contributed by atoms with van der Waals surface area (Å²) in [6, 6.07) is 11.9. The number of anilines is 2. The second-order valence-electron chi connectivity index (χ2n) is 10.4. The molecule has 2 aromatic heterocycles. The van der Waals surface area contributed by atoms with Crippen molar-refractivity contribution >= 4 is 88.3 Å². The molecule has 0 unspecified atom stereocenters. The first kappa shape index (κ1) is 40.9. The standard InChI is InChI=1S/C32H22Br2F8N2O6S2/c1-3-49-25(45)21-19(15-5-9-17(33)10-6-15)13-51-23(21)43-27(47)29(35,36)31(39,40)32(41,42)30(37,38)28(48)44-24-22(26(46)50-4-2)20(14-52-24)16-7-11-18(34)12-8-16/h5-14H,3-4H2,1-2H3,(H,43,47)(H,44,48). The van der Waals surface area contributed by atoms with Crippen molar-refractivity contribution in [3.05, 3.63) is 79.4 Å². The Balaban J connectivity index is 1.65. The molecule has 278 valence electrons. The fourth-order valence-electron chi connectivity index (χ4n) is 4.44. The van der Waals surface area contributed by atoms with E-state index in [-0.39, 0.29) is 35.5 Å². The molecule has 0 fully saturated rings. The van der Waals surface area contributed by atoms with Crippen LogP contribution in [0.15, 0.2) is 68.2 Å². The van der Waals surface area contributed by atoms with E-state index in [1.54, 1.807) is 0 Å². The Bertz CT molecular complexity index is 1850. The van der Waals surface area contributed by atoms with Crippen molar-refractivity contribution in [1.29, 1.82) is 0 Å². The summed E-state index contributed by atoms with van der Waals surface area (Å²) in [6.45, 7) is 2.20. The maximum atomic E-state index is 15.0. The second kappa shape index (κ2) is 15.6. The number of amides is 2. The fraction of sp³-hybridized carbons (Fsp3) is 0.250. The summed E-state index contributed by atoms with van der Waals surface area (Å²) in [7, 11) is 0. The van der Waals surface area contributed by atoms with Gasteiger partial charge in [0.15, 0.2) is 0 Å². The van der Waals surface area contributed by atoms with E-state index < -0.39 is 68.6 Å². The van der Waals surface area contributed by atoms with E-state index in [1.807, 2.05) is 0 Å². The molecule has 0 aliphatic rings. The minimum Gasteiger partial charge on any atom is -0.462 e. The Morgan fingerprint density at radius 1 is 0.596 bits per heavy atom. The van der Waals surface area contributed by atoms with Gasteiger partial charge in [-0.1, -0.05) is 56.1 Å². The van der Waals surface area contributed by atoms with Gasteiger partial charge in [-0.3, -0.25) is 9.59 Å². The molecule has 0 spiro atoms.